The van der Waals surface area contributed by atoms with Crippen molar-refractivity contribution in [1.29, 1.82) is 0 Å². The van der Waals surface area contributed by atoms with Gasteiger partial charge in [0.15, 0.2) is 0 Å². The second-order valence-electron chi connectivity index (χ2n) is 4.08. The Morgan fingerprint density at radius 3 is 3.00 bits per heavy atom. The summed E-state index contributed by atoms with van der Waals surface area (Å²) in [5.74, 6) is -0.129. The van der Waals surface area contributed by atoms with Crippen molar-refractivity contribution in [1.82, 2.24) is 4.90 Å². The Morgan fingerprint density at radius 1 is 1.50 bits per heavy atom. The van der Waals surface area contributed by atoms with Gasteiger partial charge in [0.2, 0.25) is 0 Å². The molecule has 1 atom stereocenters. The molecule has 16 heavy (non-hydrogen) atoms. The standard InChI is InChI=1S/C12H14N2O2/c1-9(8-15)6-14-7-10-4-2-3-5-11(10)13-12(14)16/h2-5,8-9H,6-7H2,1H3,(H,13,16). The van der Waals surface area contributed by atoms with E-state index in [9.17, 15) is 9.59 Å². The number of nitrogens with zero attached hydrogens (tertiary/aromatic N) is 1. The van der Waals surface area contributed by atoms with Gasteiger partial charge in [0, 0.05) is 24.7 Å². The third-order valence-electron chi connectivity index (χ3n) is 2.65. The second-order valence-corrected chi connectivity index (χ2v) is 4.08. The molecule has 0 aromatic heterocycles. The smallest absolute Gasteiger partial charge is 0.319 e. The summed E-state index contributed by atoms with van der Waals surface area (Å²) in [7, 11) is 0. The van der Waals surface area contributed by atoms with Crippen LogP contribution in [0, 0.1) is 5.92 Å². The lowest BCUT2D eigenvalue weighted by atomic mass is 10.1. The van der Waals surface area contributed by atoms with E-state index in [0.29, 0.717) is 13.1 Å². The van der Waals surface area contributed by atoms with Crippen molar-refractivity contribution in [3.8, 4) is 0 Å². The molecule has 1 aliphatic heterocycles. The largest absolute Gasteiger partial charge is 0.322 e. The number of para-hydroxylation sites is 1. The van der Waals surface area contributed by atoms with Crippen LogP contribution in [0.4, 0.5) is 10.5 Å². The minimum Gasteiger partial charge on any atom is -0.319 e. The number of rotatable bonds is 3. The fourth-order valence-corrected chi connectivity index (χ4v) is 1.79. The van der Waals surface area contributed by atoms with Crippen LogP contribution in [0.1, 0.15) is 12.5 Å². The van der Waals surface area contributed by atoms with Crippen LogP contribution >= 0.6 is 0 Å². The van der Waals surface area contributed by atoms with Gasteiger partial charge in [-0.25, -0.2) is 4.79 Å². The first-order valence-electron chi connectivity index (χ1n) is 5.30. The number of amides is 2. The molecule has 2 amide bonds. The zero-order valence-electron chi connectivity index (χ0n) is 9.14. The van der Waals surface area contributed by atoms with E-state index in [1.165, 1.54) is 0 Å². The van der Waals surface area contributed by atoms with E-state index in [2.05, 4.69) is 5.32 Å². The number of hydrogen-bond acceptors (Lipinski definition) is 2. The number of urea groups is 1. The first kappa shape index (κ1) is 10.7. The number of benzene rings is 1. The summed E-state index contributed by atoms with van der Waals surface area (Å²) >= 11 is 0. The van der Waals surface area contributed by atoms with Gasteiger partial charge in [0.25, 0.3) is 0 Å². The minimum atomic E-state index is -0.132. The lowest BCUT2D eigenvalue weighted by Crippen LogP contribution is -2.41. The van der Waals surface area contributed by atoms with Crippen molar-refractivity contribution in [2.24, 2.45) is 5.92 Å². The highest BCUT2D eigenvalue weighted by molar-refractivity contribution is 5.92. The molecule has 1 aliphatic rings. The number of aldehydes is 1. The zero-order valence-corrected chi connectivity index (χ0v) is 9.14. The fraction of sp³-hybridized carbons (Fsp3) is 0.333. The maximum absolute atomic E-state index is 11.7. The number of fused-ring (bicyclic) bond motifs is 1. The summed E-state index contributed by atoms with van der Waals surface area (Å²) in [4.78, 5) is 23.9. The highest BCUT2D eigenvalue weighted by atomic mass is 16.2. The fourth-order valence-electron chi connectivity index (χ4n) is 1.79. The van der Waals surface area contributed by atoms with Crippen LogP contribution in [-0.4, -0.2) is 23.8 Å². The molecule has 0 aliphatic carbocycles. The van der Waals surface area contributed by atoms with Gasteiger partial charge in [-0.3, -0.25) is 0 Å². The highest BCUT2D eigenvalue weighted by Crippen LogP contribution is 2.22. The average Bonchev–Trinajstić information content (AvgIpc) is 2.30. The lowest BCUT2D eigenvalue weighted by Gasteiger charge is -2.30. The molecule has 1 aromatic carbocycles. The van der Waals surface area contributed by atoms with Gasteiger partial charge in [0.1, 0.15) is 6.29 Å². The molecule has 1 N–H and O–H groups in total. The van der Waals surface area contributed by atoms with Gasteiger partial charge in [-0.2, -0.15) is 0 Å². The molecule has 84 valence electrons. The van der Waals surface area contributed by atoms with Crippen LogP contribution < -0.4 is 5.32 Å². The molecule has 1 aromatic rings. The molecule has 0 radical (unpaired) electrons. The average molecular weight is 218 g/mol. The Balaban J connectivity index is 2.15. The molecule has 0 spiro atoms. The quantitative estimate of drug-likeness (QED) is 0.787. The molecule has 0 saturated carbocycles. The summed E-state index contributed by atoms with van der Waals surface area (Å²) in [5.41, 5.74) is 1.95. The Bertz CT molecular complexity index is 417. The molecule has 0 bridgehead atoms. The van der Waals surface area contributed by atoms with E-state index in [0.717, 1.165) is 17.5 Å². The van der Waals surface area contributed by atoms with Gasteiger partial charge in [0.05, 0.1) is 0 Å². The third-order valence-corrected chi connectivity index (χ3v) is 2.65. The monoisotopic (exact) mass is 218 g/mol. The lowest BCUT2D eigenvalue weighted by molar-refractivity contribution is -0.111. The zero-order chi connectivity index (χ0) is 11.5. The molecule has 1 heterocycles. The van der Waals surface area contributed by atoms with Gasteiger partial charge in [-0.05, 0) is 11.6 Å². The van der Waals surface area contributed by atoms with Crippen molar-refractivity contribution >= 4 is 18.0 Å². The van der Waals surface area contributed by atoms with Crippen molar-refractivity contribution in [3.05, 3.63) is 29.8 Å². The van der Waals surface area contributed by atoms with E-state index in [4.69, 9.17) is 0 Å². The molecule has 1 unspecified atom stereocenters. The maximum atomic E-state index is 11.7. The molecule has 0 fully saturated rings. The number of anilines is 1. The second kappa shape index (κ2) is 4.35. The summed E-state index contributed by atoms with van der Waals surface area (Å²) in [6.07, 6.45) is 0.869. The molecule has 4 nitrogen and oxygen atoms in total. The van der Waals surface area contributed by atoms with E-state index in [1.54, 1.807) is 11.8 Å². The Morgan fingerprint density at radius 2 is 2.25 bits per heavy atom. The number of carbonyl (C=O) groups is 2. The Kier molecular flexibility index (Phi) is 2.90. The van der Waals surface area contributed by atoms with Crippen molar-refractivity contribution in [2.45, 2.75) is 13.5 Å². The Hall–Kier alpha value is -1.84. The predicted molar refractivity (Wildman–Crippen MR) is 61.1 cm³/mol. The molecule has 2 rings (SSSR count). The molecule has 4 heteroatoms. The van der Waals surface area contributed by atoms with Crippen molar-refractivity contribution in [3.63, 3.8) is 0 Å². The first-order chi connectivity index (χ1) is 7.70. The van der Waals surface area contributed by atoms with E-state index in [1.807, 2.05) is 24.3 Å². The van der Waals surface area contributed by atoms with Crippen LogP contribution in [0.3, 0.4) is 0 Å². The third kappa shape index (κ3) is 2.05. The SMILES string of the molecule is CC(C=O)CN1Cc2ccccc2NC1=O. The van der Waals surface area contributed by atoms with E-state index >= 15 is 0 Å². The first-order valence-corrected chi connectivity index (χ1v) is 5.30. The van der Waals surface area contributed by atoms with Crippen LogP contribution in [-0.2, 0) is 11.3 Å². The topological polar surface area (TPSA) is 49.4 Å². The Labute approximate surface area is 94.2 Å². The van der Waals surface area contributed by atoms with E-state index in [-0.39, 0.29) is 11.9 Å². The van der Waals surface area contributed by atoms with Crippen molar-refractivity contribution in [2.75, 3.05) is 11.9 Å². The minimum absolute atomic E-state index is 0.129. The van der Waals surface area contributed by atoms with Gasteiger partial charge >= 0.3 is 6.03 Å². The predicted octanol–water partition coefficient (Wildman–Crippen LogP) is 1.87. The summed E-state index contributed by atoms with van der Waals surface area (Å²) in [6, 6.07) is 7.56. The van der Waals surface area contributed by atoms with Crippen molar-refractivity contribution < 1.29 is 9.59 Å². The number of hydrogen-bond donors (Lipinski definition) is 1. The van der Waals surface area contributed by atoms with Crippen LogP contribution in [0.5, 0.6) is 0 Å². The van der Waals surface area contributed by atoms with Gasteiger partial charge in [-0.1, -0.05) is 25.1 Å². The number of nitrogens with one attached hydrogen (secondary N) is 1. The molecule has 0 saturated heterocycles. The summed E-state index contributed by atoms with van der Waals surface area (Å²) in [6.45, 7) is 2.84. The summed E-state index contributed by atoms with van der Waals surface area (Å²) < 4.78 is 0. The van der Waals surface area contributed by atoms with Gasteiger partial charge < -0.3 is 15.0 Å². The van der Waals surface area contributed by atoms with Crippen LogP contribution in [0.25, 0.3) is 0 Å². The molecular formula is C12H14N2O2. The van der Waals surface area contributed by atoms with Gasteiger partial charge in [-0.15, -0.1) is 0 Å². The highest BCUT2D eigenvalue weighted by Gasteiger charge is 2.22. The van der Waals surface area contributed by atoms with Crippen LogP contribution in [0.15, 0.2) is 24.3 Å². The van der Waals surface area contributed by atoms with Crippen LogP contribution in [0.2, 0.25) is 0 Å². The summed E-state index contributed by atoms with van der Waals surface area (Å²) in [5, 5.41) is 2.81. The van der Waals surface area contributed by atoms with E-state index < -0.39 is 0 Å². The number of carbonyl (C=O) groups excluding carboxylic acids is 2. The molecular weight excluding hydrogens is 204 g/mol. The normalized spacial score (nSPS) is 16.3. The maximum Gasteiger partial charge on any atom is 0.322 e.